The molecule has 1 heterocycles. The first-order valence-electron chi connectivity index (χ1n) is 9.49. The summed E-state index contributed by atoms with van der Waals surface area (Å²) in [5.41, 5.74) is 6.97. The van der Waals surface area contributed by atoms with Crippen LogP contribution in [0.5, 0.6) is 0 Å². The van der Waals surface area contributed by atoms with Gasteiger partial charge in [-0.15, -0.1) is 0 Å². The number of ether oxygens (including phenoxy) is 1. The van der Waals surface area contributed by atoms with E-state index in [0.717, 1.165) is 33.8 Å². The van der Waals surface area contributed by atoms with Gasteiger partial charge in [0, 0.05) is 28.9 Å². The van der Waals surface area contributed by atoms with Crippen molar-refractivity contribution in [3.63, 3.8) is 0 Å². The standard InChI is InChI=1S/C24H24N2O4/c1-14-11-18(23(27)28)9-10-22(14)26-15(2)12-19(17(26)4)13-25-21-8-6-7-20(16(21)3)24(29)30-5/h6-13H,1-5H3,(H,27,28). The summed E-state index contributed by atoms with van der Waals surface area (Å²) in [5, 5.41) is 9.20. The van der Waals surface area contributed by atoms with Crippen LogP contribution in [0.25, 0.3) is 5.69 Å². The molecule has 154 valence electrons. The molecule has 3 aromatic rings. The molecule has 1 N–H and O–H groups in total. The molecule has 6 heteroatoms. The maximum Gasteiger partial charge on any atom is 0.338 e. The highest BCUT2D eigenvalue weighted by Crippen LogP contribution is 2.26. The average molecular weight is 404 g/mol. The van der Waals surface area contributed by atoms with Gasteiger partial charge in [-0.3, -0.25) is 4.99 Å². The van der Waals surface area contributed by atoms with Gasteiger partial charge in [-0.1, -0.05) is 6.07 Å². The van der Waals surface area contributed by atoms with Crippen molar-refractivity contribution in [1.82, 2.24) is 4.57 Å². The van der Waals surface area contributed by atoms with Crippen LogP contribution >= 0.6 is 0 Å². The molecular formula is C24H24N2O4. The third kappa shape index (κ3) is 3.89. The Morgan fingerprint density at radius 2 is 1.80 bits per heavy atom. The zero-order valence-electron chi connectivity index (χ0n) is 17.7. The molecule has 0 fully saturated rings. The van der Waals surface area contributed by atoms with Crippen molar-refractivity contribution >= 4 is 23.8 Å². The number of carbonyl (C=O) groups excluding carboxylic acids is 1. The monoisotopic (exact) mass is 404 g/mol. The Morgan fingerprint density at radius 3 is 2.43 bits per heavy atom. The highest BCUT2D eigenvalue weighted by Gasteiger charge is 2.14. The molecule has 0 saturated heterocycles. The van der Waals surface area contributed by atoms with Gasteiger partial charge in [0.15, 0.2) is 0 Å². The van der Waals surface area contributed by atoms with Crippen molar-refractivity contribution in [3.05, 3.63) is 81.7 Å². The van der Waals surface area contributed by atoms with Crippen LogP contribution in [-0.2, 0) is 4.74 Å². The van der Waals surface area contributed by atoms with Gasteiger partial charge in [-0.05, 0) is 75.2 Å². The highest BCUT2D eigenvalue weighted by molar-refractivity contribution is 5.93. The molecule has 3 rings (SSSR count). The molecule has 0 radical (unpaired) electrons. The molecule has 0 aliphatic rings. The van der Waals surface area contributed by atoms with Crippen LogP contribution in [-0.4, -0.2) is 34.9 Å². The van der Waals surface area contributed by atoms with E-state index in [0.29, 0.717) is 11.3 Å². The summed E-state index contributed by atoms with van der Waals surface area (Å²) in [6.45, 7) is 7.74. The summed E-state index contributed by atoms with van der Waals surface area (Å²) >= 11 is 0. The van der Waals surface area contributed by atoms with Crippen LogP contribution in [0.15, 0.2) is 47.5 Å². The van der Waals surface area contributed by atoms with Crippen LogP contribution in [0.4, 0.5) is 5.69 Å². The number of aliphatic imine (C=N–C) groups is 1. The van der Waals surface area contributed by atoms with Crippen molar-refractivity contribution in [3.8, 4) is 5.69 Å². The number of carbonyl (C=O) groups is 2. The first-order valence-corrected chi connectivity index (χ1v) is 9.49. The molecule has 0 bridgehead atoms. The summed E-state index contributed by atoms with van der Waals surface area (Å²) < 4.78 is 6.91. The summed E-state index contributed by atoms with van der Waals surface area (Å²) in [4.78, 5) is 27.7. The van der Waals surface area contributed by atoms with E-state index in [1.54, 1.807) is 30.5 Å². The van der Waals surface area contributed by atoms with Gasteiger partial charge in [0.2, 0.25) is 0 Å². The van der Waals surface area contributed by atoms with E-state index in [4.69, 9.17) is 4.74 Å². The molecule has 1 aromatic heterocycles. The Labute approximate surface area is 175 Å². The smallest absolute Gasteiger partial charge is 0.338 e. The number of rotatable bonds is 5. The number of hydrogen-bond acceptors (Lipinski definition) is 4. The lowest BCUT2D eigenvalue weighted by Crippen LogP contribution is -2.04. The summed E-state index contributed by atoms with van der Waals surface area (Å²) in [5.74, 6) is -1.33. The van der Waals surface area contributed by atoms with Crippen molar-refractivity contribution in [2.45, 2.75) is 27.7 Å². The van der Waals surface area contributed by atoms with Gasteiger partial charge >= 0.3 is 11.9 Å². The number of carboxylic acids is 1. The van der Waals surface area contributed by atoms with Gasteiger partial charge < -0.3 is 14.4 Å². The maximum absolute atomic E-state index is 11.9. The molecule has 0 unspecified atom stereocenters. The fraction of sp³-hybridized carbons (Fsp3) is 0.208. The van der Waals surface area contributed by atoms with Gasteiger partial charge in [-0.2, -0.15) is 0 Å². The normalized spacial score (nSPS) is 11.1. The number of esters is 1. The van der Waals surface area contributed by atoms with Crippen LogP contribution in [0.2, 0.25) is 0 Å². The second-order valence-corrected chi connectivity index (χ2v) is 7.17. The lowest BCUT2D eigenvalue weighted by Gasteiger charge is -2.13. The Morgan fingerprint density at radius 1 is 1.07 bits per heavy atom. The second-order valence-electron chi connectivity index (χ2n) is 7.17. The molecule has 6 nitrogen and oxygen atoms in total. The second kappa shape index (κ2) is 8.37. The van der Waals surface area contributed by atoms with E-state index < -0.39 is 5.97 Å². The molecule has 0 atom stereocenters. The first-order chi connectivity index (χ1) is 14.2. The molecule has 0 aliphatic heterocycles. The van der Waals surface area contributed by atoms with Crippen molar-refractivity contribution in [1.29, 1.82) is 0 Å². The predicted molar refractivity (Wildman–Crippen MR) is 117 cm³/mol. The molecule has 0 aliphatic carbocycles. The fourth-order valence-electron chi connectivity index (χ4n) is 3.56. The van der Waals surface area contributed by atoms with E-state index >= 15 is 0 Å². The van der Waals surface area contributed by atoms with Crippen LogP contribution in [0.1, 0.15) is 48.8 Å². The number of aromatic carboxylic acids is 1. The third-order valence-electron chi connectivity index (χ3n) is 5.21. The third-order valence-corrected chi connectivity index (χ3v) is 5.21. The molecule has 0 spiro atoms. The quantitative estimate of drug-likeness (QED) is 0.482. The number of aryl methyl sites for hydroxylation is 2. The SMILES string of the molecule is COC(=O)c1cccc(N=Cc2cc(C)n(-c3ccc(C(=O)O)cc3C)c2C)c1C. The molecule has 2 aromatic carbocycles. The Bertz CT molecular complexity index is 1170. The number of nitrogens with zero attached hydrogens (tertiary/aromatic N) is 2. The Hall–Kier alpha value is -3.67. The van der Waals surface area contributed by atoms with E-state index in [2.05, 4.69) is 9.56 Å². The van der Waals surface area contributed by atoms with Gasteiger partial charge in [0.1, 0.15) is 0 Å². The highest BCUT2D eigenvalue weighted by atomic mass is 16.5. The number of methoxy groups -OCH3 is 1. The summed E-state index contributed by atoms with van der Waals surface area (Å²) in [6.07, 6.45) is 1.78. The lowest BCUT2D eigenvalue weighted by atomic mass is 10.1. The van der Waals surface area contributed by atoms with E-state index in [9.17, 15) is 14.7 Å². The van der Waals surface area contributed by atoms with Crippen LogP contribution in [0.3, 0.4) is 0 Å². The van der Waals surface area contributed by atoms with Crippen molar-refractivity contribution in [2.24, 2.45) is 4.99 Å². The minimum absolute atomic E-state index is 0.265. The first kappa shape index (κ1) is 21.0. The van der Waals surface area contributed by atoms with Crippen molar-refractivity contribution in [2.75, 3.05) is 7.11 Å². The van der Waals surface area contributed by atoms with Crippen LogP contribution < -0.4 is 0 Å². The minimum atomic E-state index is -0.942. The summed E-state index contributed by atoms with van der Waals surface area (Å²) in [6, 6.07) is 12.5. The Balaban J connectivity index is 2.00. The van der Waals surface area contributed by atoms with Gasteiger partial charge in [0.25, 0.3) is 0 Å². The predicted octanol–water partition coefficient (Wildman–Crippen LogP) is 4.95. The van der Waals surface area contributed by atoms with Gasteiger partial charge in [0.05, 0.1) is 23.9 Å². The summed E-state index contributed by atoms with van der Waals surface area (Å²) in [7, 11) is 1.36. The zero-order chi connectivity index (χ0) is 22.0. The topological polar surface area (TPSA) is 80.9 Å². The maximum atomic E-state index is 11.9. The molecule has 0 saturated carbocycles. The van der Waals surface area contributed by atoms with E-state index in [1.807, 2.05) is 45.9 Å². The van der Waals surface area contributed by atoms with E-state index in [-0.39, 0.29) is 11.5 Å². The molecule has 30 heavy (non-hydrogen) atoms. The van der Waals surface area contributed by atoms with Gasteiger partial charge in [-0.25, -0.2) is 9.59 Å². The zero-order valence-corrected chi connectivity index (χ0v) is 17.7. The fourth-order valence-corrected chi connectivity index (χ4v) is 3.56. The minimum Gasteiger partial charge on any atom is -0.478 e. The molecule has 0 amide bonds. The number of hydrogen-bond donors (Lipinski definition) is 1. The van der Waals surface area contributed by atoms with E-state index in [1.165, 1.54) is 7.11 Å². The number of carboxylic acid groups (broad SMARTS) is 1. The number of benzene rings is 2. The number of aromatic nitrogens is 1. The lowest BCUT2D eigenvalue weighted by molar-refractivity contribution is 0.0599. The largest absolute Gasteiger partial charge is 0.478 e. The molecular weight excluding hydrogens is 380 g/mol. The van der Waals surface area contributed by atoms with Crippen molar-refractivity contribution < 1.29 is 19.4 Å². The Kier molecular flexibility index (Phi) is 5.87. The average Bonchev–Trinajstić information content (AvgIpc) is 2.99. The van der Waals surface area contributed by atoms with Crippen LogP contribution in [0, 0.1) is 27.7 Å².